The van der Waals surface area contributed by atoms with E-state index in [1.165, 1.54) is 24.3 Å². The standard InChI is InChI=1S/C24H30ClN9O5/c1-27-23(37)20-17(26)19(36)24(39-20)34-12-32-18-21(30-11-31-22(18)34)29-9-13-8-14(25)2-3-15(13)38-10-16(35)33-6-4-28-5-7-33/h2-3,8,11-12,17,19-20,24,28,36H,4-7,9-10,26H2,1H3,(H,27,37)(H,29,30,31)/t17-,19+,20-,24+/m0/s1. The van der Waals surface area contributed by atoms with E-state index in [1.54, 1.807) is 23.1 Å². The second-order valence-electron chi connectivity index (χ2n) is 9.20. The van der Waals surface area contributed by atoms with E-state index in [9.17, 15) is 14.7 Å². The number of anilines is 1. The number of likely N-dealkylation sites (N-methyl/N-ethyl adjacent to an activating group) is 1. The average molecular weight is 560 g/mol. The van der Waals surface area contributed by atoms with Crippen LogP contribution in [0.4, 0.5) is 5.82 Å². The van der Waals surface area contributed by atoms with Gasteiger partial charge in [0.25, 0.3) is 11.8 Å². The first-order valence-corrected chi connectivity index (χ1v) is 12.9. The number of nitrogens with two attached hydrogens (primary N) is 1. The van der Waals surface area contributed by atoms with Crippen LogP contribution in [0.2, 0.25) is 5.02 Å². The average Bonchev–Trinajstić information content (AvgIpc) is 3.52. The third kappa shape index (κ3) is 5.60. The zero-order valence-electron chi connectivity index (χ0n) is 21.2. The van der Waals surface area contributed by atoms with E-state index in [2.05, 4.69) is 30.9 Å². The molecule has 4 heterocycles. The van der Waals surface area contributed by atoms with Crippen molar-refractivity contribution in [3.8, 4) is 5.75 Å². The fourth-order valence-electron chi connectivity index (χ4n) is 4.62. The number of fused-ring (bicyclic) bond motifs is 1. The lowest BCUT2D eigenvalue weighted by molar-refractivity contribution is -0.134. The first kappa shape index (κ1) is 27.0. The molecule has 6 N–H and O–H groups in total. The van der Waals surface area contributed by atoms with Crippen molar-refractivity contribution in [1.29, 1.82) is 0 Å². The minimum absolute atomic E-state index is 0.0805. The molecule has 15 heteroatoms. The lowest BCUT2D eigenvalue weighted by Crippen LogP contribution is -2.47. The molecule has 0 saturated carbocycles. The van der Waals surface area contributed by atoms with Crippen LogP contribution >= 0.6 is 11.6 Å². The van der Waals surface area contributed by atoms with Crippen molar-refractivity contribution in [3.63, 3.8) is 0 Å². The number of benzene rings is 1. The van der Waals surface area contributed by atoms with Gasteiger partial charge >= 0.3 is 0 Å². The van der Waals surface area contributed by atoms with Gasteiger partial charge in [0.1, 0.15) is 18.2 Å². The predicted molar refractivity (Wildman–Crippen MR) is 141 cm³/mol. The van der Waals surface area contributed by atoms with Crippen LogP contribution in [0.15, 0.2) is 30.9 Å². The maximum atomic E-state index is 12.6. The van der Waals surface area contributed by atoms with Crippen molar-refractivity contribution in [2.75, 3.05) is 45.2 Å². The summed E-state index contributed by atoms with van der Waals surface area (Å²) >= 11 is 6.24. The highest BCUT2D eigenvalue weighted by molar-refractivity contribution is 6.30. The zero-order chi connectivity index (χ0) is 27.5. The van der Waals surface area contributed by atoms with Gasteiger partial charge in [-0.1, -0.05) is 11.6 Å². The Balaban J connectivity index is 1.31. The first-order valence-electron chi connectivity index (χ1n) is 12.5. The maximum Gasteiger partial charge on any atom is 0.260 e. The third-order valence-electron chi connectivity index (χ3n) is 6.75. The van der Waals surface area contributed by atoms with Crippen LogP contribution in [-0.4, -0.2) is 99.4 Å². The van der Waals surface area contributed by atoms with E-state index in [4.69, 9.17) is 26.8 Å². The number of amides is 2. The molecule has 14 nitrogen and oxygen atoms in total. The summed E-state index contributed by atoms with van der Waals surface area (Å²) in [5, 5.41) is 20.1. The van der Waals surface area contributed by atoms with Crippen molar-refractivity contribution in [3.05, 3.63) is 41.4 Å². The summed E-state index contributed by atoms with van der Waals surface area (Å²) in [7, 11) is 1.47. The second kappa shape index (κ2) is 11.7. The summed E-state index contributed by atoms with van der Waals surface area (Å²) < 4.78 is 13.2. The van der Waals surface area contributed by atoms with Gasteiger partial charge in [0.05, 0.1) is 12.4 Å². The number of ether oxygens (including phenoxy) is 2. The molecule has 2 saturated heterocycles. The number of nitrogens with one attached hydrogen (secondary N) is 3. The van der Waals surface area contributed by atoms with Crippen molar-refractivity contribution < 1.29 is 24.2 Å². The van der Waals surface area contributed by atoms with E-state index in [1.807, 2.05) is 0 Å². The fourth-order valence-corrected chi connectivity index (χ4v) is 4.81. The Hall–Kier alpha value is -3.56. The Kier molecular flexibility index (Phi) is 8.09. The normalized spacial score (nSPS) is 23.1. The SMILES string of the molecule is CNC(=O)[C@H]1O[C@@H](n2cnc3c(NCc4cc(Cl)ccc4OCC(=O)N4CCNCC4)ncnc32)[C@H](O)[C@@H]1N. The third-order valence-corrected chi connectivity index (χ3v) is 6.98. The van der Waals surface area contributed by atoms with Gasteiger partial charge in [-0.25, -0.2) is 15.0 Å². The van der Waals surface area contributed by atoms with Crippen molar-refractivity contribution in [2.24, 2.45) is 5.73 Å². The zero-order valence-corrected chi connectivity index (χ0v) is 22.0. The van der Waals surface area contributed by atoms with Crippen molar-refractivity contribution in [2.45, 2.75) is 31.0 Å². The number of hydrogen-bond donors (Lipinski definition) is 5. The smallest absolute Gasteiger partial charge is 0.260 e. The van der Waals surface area contributed by atoms with Crippen LogP contribution < -0.4 is 26.4 Å². The van der Waals surface area contributed by atoms with E-state index < -0.39 is 30.4 Å². The minimum atomic E-state index is -1.16. The molecule has 0 bridgehead atoms. The monoisotopic (exact) mass is 559 g/mol. The number of aromatic nitrogens is 4. The van der Waals surface area contributed by atoms with Gasteiger partial charge in [-0.3, -0.25) is 14.2 Å². The maximum absolute atomic E-state index is 12.6. The number of hydrogen-bond acceptors (Lipinski definition) is 11. The number of nitrogens with zero attached hydrogens (tertiary/aromatic N) is 5. The Morgan fingerprint density at radius 2 is 2.08 bits per heavy atom. The van der Waals surface area contributed by atoms with Gasteiger partial charge in [0, 0.05) is 50.4 Å². The number of imidazole rings is 1. The van der Waals surface area contributed by atoms with Crippen molar-refractivity contribution in [1.82, 2.24) is 35.1 Å². The Morgan fingerprint density at radius 1 is 1.28 bits per heavy atom. The molecule has 208 valence electrons. The summed E-state index contributed by atoms with van der Waals surface area (Å²) in [4.78, 5) is 39.4. The molecule has 4 atom stereocenters. The van der Waals surface area contributed by atoms with Crippen LogP contribution in [0.1, 0.15) is 11.8 Å². The predicted octanol–water partition coefficient (Wildman–Crippen LogP) is -0.766. The number of aliphatic hydroxyl groups is 1. The Morgan fingerprint density at radius 3 is 2.85 bits per heavy atom. The lowest BCUT2D eigenvalue weighted by atomic mass is 10.1. The molecule has 1 aromatic carbocycles. The van der Waals surface area contributed by atoms with Gasteiger partial charge in [-0.2, -0.15) is 0 Å². The number of carbonyl (C=O) groups excluding carboxylic acids is 2. The van der Waals surface area contributed by atoms with Crippen LogP contribution in [0, 0.1) is 0 Å². The number of aliphatic hydroxyl groups excluding tert-OH is 1. The van der Waals surface area contributed by atoms with E-state index in [-0.39, 0.29) is 19.1 Å². The van der Waals surface area contributed by atoms with Crippen LogP contribution in [0.25, 0.3) is 11.2 Å². The molecular weight excluding hydrogens is 530 g/mol. The summed E-state index contributed by atoms with van der Waals surface area (Å²) in [6.45, 7) is 3.00. The molecule has 0 unspecified atom stereocenters. The van der Waals surface area contributed by atoms with Gasteiger partial charge < -0.3 is 41.2 Å². The highest BCUT2D eigenvalue weighted by Gasteiger charge is 2.46. The van der Waals surface area contributed by atoms with Crippen LogP contribution in [-0.2, 0) is 20.9 Å². The molecule has 0 aliphatic carbocycles. The number of carbonyl (C=O) groups is 2. The summed E-state index contributed by atoms with van der Waals surface area (Å²) in [5.41, 5.74) is 7.55. The van der Waals surface area contributed by atoms with Crippen LogP contribution in [0.3, 0.4) is 0 Å². The minimum Gasteiger partial charge on any atom is -0.483 e. The fraction of sp³-hybridized carbons (Fsp3) is 0.458. The molecule has 2 amide bonds. The highest BCUT2D eigenvalue weighted by Crippen LogP contribution is 2.32. The van der Waals surface area contributed by atoms with E-state index in [0.717, 1.165) is 18.7 Å². The molecular formula is C24H30ClN9O5. The molecule has 2 aliphatic rings. The second-order valence-corrected chi connectivity index (χ2v) is 9.64. The number of rotatable bonds is 8. The molecule has 2 aromatic heterocycles. The molecule has 0 spiro atoms. The van der Waals surface area contributed by atoms with Gasteiger partial charge in [0.15, 0.2) is 35.9 Å². The van der Waals surface area contributed by atoms with Crippen molar-refractivity contribution >= 4 is 40.4 Å². The Labute approximate surface area is 228 Å². The first-order chi connectivity index (χ1) is 18.9. The largest absolute Gasteiger partial charge is 0.483 e. The van der Waals surface area contributed by atoms with Gasteiger partial charge in [0.2, 0.25) is 0 Å². The Bertz CT molecular complexity index is 1350. The summed E-state index contributed by atoms with van der Waals surface area (Å²) in [6.07, 6.45) is -0.344. The molecule has 39 heavy (non-hydrogen) atoms. The van der Waals surface area contributed by atoms with Crippen LogP contribution in [0.5, 0.6) is 5.75 Å². The molecule has 0 radical (unpaired) electrons. The molecule has 2 aliphatic heterocycles. The van der Waals surface area contributed by atoms with Gasteiger partial charge in [-0.15, -0.1) is 0 Å². The molecule has 5 rings (SSSR count). The quantitative estimate of drug-likeness (QED) is 0.234. The summed E-state index contributed by atoms with van der Waals surface area (Å²) in [6, 6.07) is 4.24. The van der Waals surface area contributed by atoms with E-state index in [0.29, 0.717) is 40.8 Å². The van der Waals surface area contributed by atoms with E-state index >= 15 is 0 Å². The molecule has 3 aromatic rings. The topological polar surface area (TPSA) is 182 Å². The number of halogens is 1. The summed E-state index contributed by atoms with van der Waals surface area (Å²) in [5.74, 6) is 0.423. The molecule has 2 fully saturated rings. The number of piperazine rings is 1. The highest BCUT2D eigenvalue weighted by atomic mass is 35.5. The lowest BCUT2D eigenvalue weighted by Gasteiger charge is -2.27. The van der Waals surface area contributed by atoms with Gasteiger partial charge in [-0.05, 0) is 18.2 Å².